The summed E-state index contributed by atoms with van der Waals surface area (Å²) in [7, 11) is -1.01. The molecule has 1 amide bonds. The highest BCUT2D eigenvalue weighted by atomic mass is 32.2. The number of nitrogens with zero attached hydrogens (tertiary/aromatic N) is 2. The van der Waals surface area contributed by atoms with Crippen molar-refractivity contribution >= 4 is 21.9 Å². The quantitative estimate of drug-likeness (QED) is 0.852. The largest absolute Gasteiger partial charge is 0.481 e. The van der Waals surface area contributed by atoms with Crippen LogP contribution in [0.2, 0.25) is 0 Å². The number of fused-ring (bicyclic) bond motifs is 1. The molecule has 1 N–H and O–H groups in total. The lowest BCUT2D eigenvalue weighted by Crippen LogP contribution is -2.37. The van der Waals surface area contributed by atoms with Crippen molar-refractivity contribution in [2.75, 3.05) is 27.2 Å². The molecule has 8 nitrogen and oxygen atoms in total. The van der Waals surface area contributed by atoms with Crippen molar-refractivity contribution in [1.82, 2.24) is 9.21 Å². The van der Waals surface area contributed by atoms with Gasteiger partial charge in [0.05, 0.1) is 11.0 Å². The number of furan rings is 1. The van der Waals surface area contributed by atoms with E-state index in [4.69, 9.17) is 4.42 Å². The summed E-state index contributed by atoms with van der Waals surface area (Å²) in [5.41, 5.74) is -0.702. The minimum atomic E-state index is -3.77. The molecule has 3 rings (SSSR count). The highest BCUT2D eigenvalue weighted by Gasteiger charge is 2.56. The number of sulfonamides is 1. The van der Waals surface area contributed by atoms with Crippen molar-refractivity contribution in [2.24, 2.45) is 11.3 Å². The zero-order valence-electron chi connectivity index (χ0n) is 14.5. The molecular weight excluding hydrogens is 348 g/mol. The number of rotatable bonds is 4. The first-order valence-corrected chi connectivity index (χ1v) is 9.59. The Morgan fingerprint density at radius 1 is 1.40 bits per heavy atom. The van der Waals surface area contributed by atoms with E-state index in [2.05, 4.69) is 0 Å². The van der Waals surface area contributed by atoms with Crippen LogP contribution in [-0.4, -0.2) is 61.8 Å². The molecule has 2 fully saturated rings. The molecule has 138 valence electrons. The van der Waals surface area contributed by atoms with E-state index in [0.717, 1.165) is 17.1 Å². The van der Waals surface area contributed by atoms with Crippen LogP contribution in [0.3, 0.4) is 0 Å². The second-order valence-corrected chi connectivity index (χ2v) is 9.14. The van der Waals surface area contributed by atoms with Crippen molar-refractivity contribution in [3.63, 3.8) is 0 Å². The fourth-order valence-corrected chi connectivity index (χ4v) is 4.80. The van der Waals surface area contributed by atoms with Gasteiger partial charge in [0.2, 0.25) is 5.09 Å². The van der Waals surface area contributed by atoms with E-state index in [-0.39, 0.29) is 34.8 Å². The number of hydrogen-bond acceptors (Lipinski definition) is 5. The maximum Gasteiger partial charge on any atom is 0.311 e. The van der Waals surface area contributed by atoms with Gasteiger partial charge in [-0.25, -0.2) is 12.7 Å². The van der Waals surface area contributed by atoms with Gasteiger partial charge in [-0.3, -0.25) is 9.59 Å². The van der Waals surface area contributed by atoms with Crippen molar-refractivity contribution in [2.45, 2.75) is 31.3 Å². The highest BCUT2D eigenvalue weighted by molar-refractivity contribution is 7.88. The maximum absolute atomic E-state index is 12.8. The Hall–Kier alpha value is -1.87. The molecule has 0 unspecified atom stereocenters. The third-order valence-corrected chi connectivity index (χ3v) is 7.12. The van der Waals surface area contributed by atoms with Gasteiger partial charge in [0.15, 0.2) is 0 Å². The predicted molar refractivity (Wildman–Crippen MR) is 87.6 cm³/mol. The molecule has 0 bridgehead atoms. The van der Waals surface area contributed by atoms with E-state index in [0.29, 0.717) is 13.0 Å². The van der Waals surface area contributed by atoms with Crippen LogP contribution in [-0.2, 0) is 14.8 Å². The maximum atomic E-state index is 12.8. The SMILES string of the molecule is Cc1oc(S(=O)(=O)N(C)C)cc1C(=O)N1C[C@@H]2CCC[C@@]2(C(=O)O)C1. The monoisotopic (exact) mass is 370 g/mol. The van der Waals surface area contributed by atoms with Crippen LogP contribution in [0.5, 0.6) is 0 Å². The first-order chi connectivity index (χ1) is 11.6. The molecule has 1 saturated carbocycles. The molecule has 1 aliphatic carbocycles. The van der Waals surface area contributed by atoms with Crippen molar-refractivity contribution in [3.8, 4) is 0 Å². The Kier molecular flexibility index (Phi) is 4.19. The third kappa shape index (κ3) is 2.65. The smallest absolute Gasteiger partial charge is 0.311 e. The standard InChI is InChI=1S/C16H22N2O6S/c1-10-12(7-13(24-10)25(22,23)17(2)3)14(19)18-8-11-5-4-6-16(11,9-18)15(20)21/h7,11H,4-6,8-9H2,1-3H3,(H,20,21)/t11-,16+/m0/s1. The molecular formula is C16H22N2O6S. The summed E-state index contributed by atoms with van der Waals surface area (Å²) in [6, 6.07) is 1.23. The predicted octanol–water partition coefficient (Wildman–Crippen LogP) is 1.17. The topological polar surface area (TPSA) is 108 Å². The lowest BCUT2D eigenvalue weighted by molar-refractivity contribution is -0.149. The molecule has 1 aromatic rings. The summed E-state index contributed by atoms with van der Waals surface area (Å²) in [5.74, 6) is -1.07. The summed E-state index contributed by atoms with van der Waals surface area (Å²) in [5, 5.41) is 9.34. The number of carboxylic acids is 1. The third-order valence-electron chi connectivity index (χ3n) is 5.44. The zero-order chi connectivity index (χ0) is 18.6. The van der Waals surface area contributed by atoms with Crippen LogP contribution in [0.15, 0.2) is 15.6 Å². The summed E-state index contributed by atoms with van der Waals surface area (Å²) in [6.07, 6.45) is 2.22. The van der Waals surface area contributed by atoms with Gasteiger partial charge in [-0.05, 0) is 25.7 Å². The first kappa shape index (κ1) is 17.9. The van der Waals surface area contributed by atoms with Gasteiger partial charge in [-0.15, -0.1) is 0 Å². The van der Waals surface area contributed by atoms with E-state index in [1.165, 1.54) is 32.0 Å². The second-order valence-electron chi connectivity index (χ2n) is 7.06. The van der Waals surface area contributed by atoms with E-state index >= 15 is 0 Å². The lowest BCUT2D eigenvalue weighted by atomic mass is 9.81. The molecule has 0 spiro atoms. The van der Waals surface area contributed by atoms with E-state index in [9.17, 15) is 23.1 Å². The molecule has 2 atom stereocenters. The Bertz CT molecular complexity index is 828. The Balaban J connectivity index is 1.88. The summed E-state index contributed by atoms with van der Waals surface area (Å²) >= 11 is 0. The van der Waals surface area contributed by atoms with Gasteiger partial charge < -0.3 is 14.4 Å². The number of carboxylic acid groups (broad SMARTS) is 1. The van der Waals surface area contributed by atoms with Crippen molar-refractivity contribution < 1.29 is 27.5 Å². The number of aliphatic carboxylic acids is 1. The van der Waals surface area contributed by atoms with E-state index in [1.807, 2.05) is 0 Å². The molecule has 0 radical (unpaired) electrons. The van der Waals surface area contributed by atoms with Gasteiger partial charge in [0.25, 0.3) is 15.9 Å². The molecule has 2 heterocycles. The summed E-state index contributed by atoms with van der Waals surface area (Å²) < 4.78 is 30.6. The Labute approximate surface area is 146 Å². The number of likely N-dealkylation sites (tertiary alicyclic amines) is 1. The fraction of sp³-hybridized carbons (Fsp3) is 0.625. The highest BCUT2D eigenvalue weighted by Crippen LogP contribution is 2.49. The molecule has 9 heteroatoms. The number of carbonyl (C=O) groups is 2. The number of hydrogen-bond donors (Lipinski definition) is 1. The number of amides is 1. The lowest BCUT2D eigenvalue weighted by Gasteiger charge is -2.23. The average Bonchev–Trinajstić information content (AvgIpc) is 3.17. The van der Waals surface area contributed by atoms with Crippen LogP contribution < -0.4 is 0 Å². The van der Waals surface area contributed by atoms with Gasteiger partial charge in [-0.1, -0.05) is 6.42 Å². The van der Waals surface area contributed by atoms with Crippen LogP contribution >= 0.6 is 0 Å². The average molecular weight is 370 g/mol. The molecule has 1 saturated heterocycles. The zero-order valence-corrected chi connectivity index (χ0v) is 15.3. The number of aryl methyl sites for hydroxylation is 1. The van der Waals surface area contributed by atoms with Gasteiger partial charge in [0.1, 0.15) is 5.76 Å². The number of carbonyl (C=O) groups excluding carboxylic acids is 1. The molecule has 1 aliphatic heterocycles. The van der Waals surface area contributed by atoms with Gasteiger partial charge in [-0.2, -0.15) is 0 Å². The van der Waals surface area contributed by atoms with Crippen LogP contribution in [0, 0.1) is 18.3 Å². The van der Waals surface area contributed by atoms with Crippen molar-refractivity contribution in [1.29, 1.82) is 0 Å². The van der Waals surface area contributed by atoms with Gasteiger partial charge in [0, 0.05) is 33.3 Å². The summed E-state index contributed by atoms with van der Waals surface area (Å²) in [4.78, 5) is 26.1. The fourth-order valence-electron chi connectivity index (χ4n) is 3.94. The van der Waals surface area contributed by atoms with Gasteiger partial charge >= 0.3 is 5.97 Å². The van der Waals surface area contributed by atoms with Crippen LogP contribution in [0.25, 0.3) is 0 Å². The molecule has 25 heavy (non-hydrogen) atoms. The molecule has 0 aromatic carbocycles. The van der Waals surface area contributed by atoms with E-state index < -0.39 is 21.4 Å². The molecule has 2 aliphatic rings. The Morgan fingerprint density at radius 3 is 2.64 bits per heavy atom. The summed E-state index contributed by atoms with van der Waals surface area (Å²) in [6.45, 7) is 2.07. The van der Waals surface area contributed by atoms with Crippen molar-refractivity contribution in [3.05, 3.63) is 17.4 Å². The van der Waals surface area contributed by atoms with Crippen LogP contribution in [0.4, 0.5) is 0 Å². The Morgan fingerprint density at radius 2 is 2.08 bits per heavy atom. The first-order valence-electron chi connectivity index (χ1n) is 8.15. The minimum Gasteiger partial charge on any atom is -0.481 e. The minimum absolute atomic E-state index is 0.0499. The molecule has 1 aromatic heterocycles. The second kappa shape index (κ2) is 5.84. The van der Waals surface area contributed by atoms with Crippen LogP contribution in [0.1, 0.15) is 35.4 Å². The van der Waals surface area contributed by atoms with E-state index in [1.54, 1.807) is 0 Å². The normalized spacial score (nSPS) is 26.2.